The normalized spacial score (nSPS) is 13.2. The van der Waals surface area contributed by atoms with Gasteiger partial charge in [-0.3, -0.25) is 4.68 Å². The fourth-order valence-electron chi connectivity index (χ4n) is 2.68. The SMILES string of the molecule is CNC(c1c(C)oc(C)c1C)c1c(Br)cnn1C(C)C. The van der Waals surface area contributed by atoms with Crippen molar-refractivity contribution in [1.29, 1.82) is 0 Å². The van der Waals surface area contributed by atoms with Gasteiger partial charge < -0.3 is 9.73 Å². The average molecular weight is 340 g/mol. The molecule has 2 rings (SSSR count). The summed E-state index contributed by atoms with van der Waals surface area (Å²) < 4.78 is 8.85. The van der Waals surface area contributed by atoms with E-state index in [-0.39, 0.29) is 6.04 Å². The summed E-state index contributed by atoms with van der Waals surface area (Å²) >= 11 is 3.63. The number of halogens is 1. The van der Waals surface area contributed by atoms with Crippen molar-refractivity contribution >= 4 is 15.9 Å². The van der Waals surface area contributed by atoms with Gasteiger partial charge in [-0.1, -0.05) is 0 Å². The first-order chi connectivity index (χ1) is 9.38. The first-order valence-corrected chi connectivity index (χ1v) is 7.64. The van der Waals surface area contributed by atoms with Gasteiger partial charge >= 0.3 is 0 Å². The van der Waals surface area contributed by atoms with Crippen molar-refractivity contribution in [2.45, 2.75) is 46.7 Å². The molecule has 0 saturated carbocycles. The number of hydrogen-bond acceptors (Lipinski definition) is 3. The molecule has 2 aromatic rings. The van der Waals surface area contributed by atoms with Crippen LogP contribution in [0.5, 0.6) is 0 Å². The van der Waals surface area contributed by atoms with Crippen LogP contribution >= 0.6 is 15.9 Å². The second-order valence-electron chi connectivity index (χ2n) is 5.39. The smallest absolute Gasteiger partial charge is 0.106 e. The predicted octanol–water partition coefficient (Wildman–Crippen LogP) is 4.05. The van der Waals surface area contributed by atoms with Crippen molar-refractivity contribution in [3.05, 3.63) is 39.0 Å². The van der Waals surface area contributed by atoms with Crippen LogP contribution in [0, 0.1) is 20.8 Å². The Morgan fingerprint density at radius 2 is 1.90 bits per heavy atom. The highest BCUT2D eigenvalue weighted by Crippen LogP contribution is 2.35. The minimum absolute atomic E-state index is 0.0618. The molecular weight excluding hydrogens is 318 g/mol. The summed E-state index contributed by atoms with van der Waals surface area (Å²) in [7, 11) is 1.97. The summed E-state index contributed by atoms with van der Waals surface area (Å²) in [6.45, 7) is 10.4. The molecule has 0 saturated heterocycles. The second kappa shape index (κ2) is 5.74. The van der Waals surface area contributed by atoms with E-state index in [1.807, 2.05) is 31.8 Å². The number of aryl methyl sites for hydroxylation is 2. The maximum absolute atomic E-state index is 5.78. The monoisotopic (exact) mass is 339 g/mol. The van der Waals surface area contributed by atoms with E-state index in [1.54, 1.807) is 0 Å². The first-order valence-electron chi connectivity index (χ1n) is 6.85. The van der Waals surface area contributed by atoms with Crippen molar-refractivity contribution < 1.29 is 4.42 Å². The summed E-state index contributed by atoms with van der Waals surface area (Å²) in [5.41, 5.74) is 3.54. The summed E-state index contributed by atoms with van der Waals surface area (Å²) in [4.78, 5) is 0. The van der Waals surface area contributed by atoms with Crippen LogP contribution < -0.4 is 5.32 Å². The summed E-state index contributed by atoms with van der Waals surface area (Å²) in [5.74, 6) is 1.94. The van der Waals surface area contributed by atoms with E-state index >= 15 is 0 Å². The molecule has 0 aliphatic heterocycles. The molecule has 0 fully saturated rings. The number of hydrogen-bond donors (Lipinski definition) is 1. The van der Waals surface area contributed by atoms with Crippen molar-refractivity contribution in [2.24, 2.45) is 0 Å². The molecule has 4 nitrogen and oxygen atoms in total. The Morgan fingerprint density at radius 3 is 2.35 bits per heavy atom. The fraction of sp³-hybridized carbons (Fsp3) is 0.533. The van der Waals surface area contributed by atoms with Gasteiger partial charge in [0.2, 0.25) is 0 Å². The minimum Gasteiger partial charge on any atom is -0.466 e. The third-order valence-corrected chi connectivity index (χ3v) is 4.36. The van der Waals surface area contributed by atoms with E-state index in [9.17, 15) is 0 Å². The molecule has 5 heteroatoms. The summed E-state index contributed by atoms with van der Waals surface area (Å²) in [6, 6.07) is 0.368. The molecule has 1 atom stereocenters. The molecule has 2 heterocycles. The zero-order chi connectivity index (χ0) is 15.0. The highest BCUT2D eigenvalue weighted by molar-refractivity contribution is 9.10. The van der Waals surface area contributed by atoms with Crippen LogP contribution in [-0.4, -0.2) is 16.8 Å². The Bertz CT molecular complexity index is 613. The minimum atomic E-state index is 0.0618. The van der Waals surface area contributed by atoms with Crippen molar-refractivity contribution in [2.75, 3.05) is 7.05 Å². The van der Waals surface area contributed by atoms with Gasteiger partial charge in [-0.2, -0.15) is 5.10 Å². The van der Waals surface area contributed by atoms with Crippen LogP contribution in [0.25, 0.3) is 0 Å². The number of aromatic nitrogens is 2. The van der Waals surface area contributed by atoms with Crippen molar-refractivity contribution in [1.82, 2.24) is 15.1 Å². The highest BCUT2D eigenvalue weighted by Gasteiger charge is 2.27. The largest absolute Gasteiger partial charge is 0.466 e. The van der Waals surface area contributed by atoms with Gasteiger partial charge in [-0.25, -0.2) is 0 Å². The van der Waals surface area contributed by atoms with Crippen LogP contribution in [0.2, 0.25) is 0 Å². The topological polar surface area (TPSA) is 43.0 Å². The molecule has 2 aromatic heterocycles. The lowest BCUT2D eigenvalue weighted by Gasteiger charge is -2.21. The third-order valence-electron chi connectivity index (χ3n) is 3.74. The Balaban J connectivity index is 2.61. The van der Waals surface area contributed by atoms with E-state index in [1.165, 1.54) is 11.1 Å². The van der Waals surface area contributed by atoms with Crippen LogP contribution in [0.1, 0.15) is 54.3 Å². The number of nitrogens with one attached hydrogen (secondary N) is 1. The molecule has 0 radical (unpaired) electrons. The zero-order valence-corrected chi connectivity index (χ0v) is 14.5. The standard InChI is InChI=1S/C15H22BrN3O/c1-8(2)19-15(12(16)7-18-19)14(17-6)13-9(3)10(4)20-11(13)5/h7-8,14,17H,1-6H3. The van der Waals surface area contributed by atoms with Gasteiger partial charge in [0.15, 0.2) is 0 Å². The number of nitrogens with zero attached hydrogens (tertiary/aromatic N) is 2. The predicted molar refractivity (Wildman–Crippen MR) is 84.1 cm³/mol. The van der Waals surface area contributed by atoms with Gasteiger partial charge in [0.1, 0.15) is 11.5 Å². The molecule has 0 aliphatic carbocycles. The van der Waals surface area contributed by atoms with Gasteiger partial charge in [0, 0.05) is 11.6 Å². The Morgan fingerprint density at radius 1 is 1.25 bits per heavy atom. The number of furan rings is 1. The molecule has 0 spiro atoms. The van der Waals surface area contributed by atoms with E-state index in [2.05, 4.69) is 47.1 Å². The van der Waals surface area contributed by atoms with E-state index in [0.717, 1.165) is 21.7 Å². The maximum atomic E-state index is 5.78. The summed E-state index contributed by atoms with van der Waals surface area (Å²) in [6.07, 6.45) is 1.86. The Kier molecular flexibility index (Phi) is 4.39. The quantitative estimate of drug-likeness (QED) is 0.913. The van der Waals surface area contributed by atoms with Gasteiger partial charge in [-0.05, 0) is 63.2 Å². The summed E-state index contributed by atoms with van der Waals surface area (Å²) in [5, 5.41) is 7.88. The van der Waals surface area contributed by atoms with Crippen molar-refractivity contribution in [3.8, 4) is 0 Å². The third kappa shape index (κ3) is 2.44. The molecule has 110 valence electrons. The van der Waals surface area contributed by atoms with E-state index in [4.69, 9.17) is 4.42 Å². The Hall–Kier alpha value is -1.07. The maximum Gasteiger partial charge on any atom is 0.106 e. The molecule has 0 bridgehead atoms. The molecule has 0 aromatic carbocycles. The van der Waals surface area contributed by atoms with Crippen LogP contribution in [-0.2, 0) is 0 Å². The molecule has 20 heavy (non-hydrogen) atoms. The molecular formula is C15H22BrN3O. The lowest BCUT2D eigenvalue weighted by Crippen LogP contribution is -2.23. The highest BCUT2D eigenvalue weighted by atomic mass is 79.9. The van der Waals surface area contributed by atoms with E-state index < -0.39 is 0 Å². The molecule has 0 aliphatic rings. The van der Waals surface area contributed by atoms with E-state index in [0.29, 0.717) is 6.04 Å². The van der Waals surface area contributed by atoms with Crippen molar-refractivity contribution in [3.63, 3.8) is 0 Å². The van der Waals surface area contributed by atoms with Crippen LogP contribution in [0.3, 0.4) is 0 Å². The number of rotatable bonds is 4. The van der Waals surface area contributed by atoms with Gasteiger partial charge in [0.25, 0.3) is 0 Å². The lowest BCUT2D eigenvalue weighted by atomic mass is 9.99. The van der Waals surface area contributed by atoms with Gasteiger partial charge in [0.05, 0.1) is 22.4 Å². The molecule has 1 N–H and O–H groups in total. The molecule has 1 unspecified atom stereocenters. The Labute approximate surface area is 128 Å². The average Bonchev–Trinajstić information content (AvgIpc) is 2.86. The van der Waals surface area contributed by atoms with Crippen LogP contribution in [0.15, 0.2) is 15.1 Å². The van der Waals surface area contributed by atoms with Crippen LogP contribution in [0.4, 0.5) is 0 Å². The zero-order valence-electron chi connectivity index (χ0n) is 12.9. The fourth-order valence-corrected chi connectivity index (χ4v) is 3.19. The first kappa shape index (κ1) is 15.3. The van der Waals surface area contributed by atoms with Gasteiger partial charge in [-0.15, -0.1) is 0 Å². The second-order valence-corrected chi connectivity index (χ2v) is 6.25. The lowest BCUT2D eigenvalue weighted by molar-refractivity contribution is 0.471. The molecule has 0 amide bonds.